The van der Waals surface area contributed by atoms with Crippen molar-refractivity contribution < 1.29 is 14.3 Å². The van der Waals surface area contributed by atoms with E-state index >= 15 is 0 Å². The molecular weight excluding hydrogens is 433 g/mol. The summed E-state index contributed by atoms with van der Waals surface area (Å²) >= 11 is 5.98. The van der Waals surface area contributed by atoms with Gasteiger partial charge in [0.05, 0.1) is 0 Å². The van der Waals surface area contributed by atoms with Gasteiger partial charge in [0.25, 0.3) is 0 Å². The maximum atomic E-state index is 12.5. The first-order chi connectivity index (χ1) is 12.8. The van der Waals surface area contributed by atoms with E-state index in [9.17, 15) is 9.59 Å². The fraction of sp³-hybridized carbons (Fsp3) is 0.300. The van der Waals surface area contributed by atoms with Crippen LogP contribution in [0.2, 0.25) is 5.02 Å². The third kappa shape index (κ3) is 4.46. The zero-order valence-electron chi connectivity index (χ0n) is 15.3. The van der Waals surface area contributed by atoms with E-state index in [4.69, 9.17) is 21.1 Å². The third-order valence-corrected chi connectivity index (χ3v) is 6.74. The molecule has 0 aliphatic heterocycles. The molecule has 142 valence electrons. The van der Waals surface area contributed by atoms with Crippen LogP contribution in [0.1, 0.15) is 19.4 Å². The van der Waals surface area contributed by atoms with Crippen LogP contribution in [0.15, 0.2) is 47.3 Å². The minimum absolute atomic E-state index is 0.0368. The van der Waals surface area contributed by atoms with E-state index in [0.29, 0.717) is 17.3 Å². The van der Waals surface area contributed by atoms with Crippen LogP contribution in [0.5, 0.6) is 5.75 Å². The number of hydrogen-bond acceptors (Lipinski definition) is 4. The zero-order chi connectivity index (χ0) is 19.6. The van der Waals surface area contributed by atoms with Crippen molar-refractivity contribution in [1.29, 1.82) is 0 Å². The zero-order valence-corrected chi connectivity index (χ0v) is 17.8. The van der Waals surface area contributed by atoms with Gasteiger partial charge in [-0.15, -0.1) is 0 Å². The average molecular weight is 453 g/mol. The van der Waals surface area contributed by atoms with E-state index in [2.05, 4.69) is 0 Å². The fourth-order valence-corrected chi connectivity index (χ4v) is 5.22. The van der Waals surface area contributed by atoms with Crippen LogP contribution in [0.25, 0.3) is 9.65 Å². The quantitative estimate of drug-likeness (QED) is 0.425. The first-order valence-electron chi connectivity index (χ1n) is 8.46. The minimum atomic E-state index is -1.05. The molecular formula is C20H20ClNO4Se. The van der Waals surface area contributed by atoms with Gasteiger partial charge in [-0.25, -0.2) is 0 Å². The van der Waals surface area contributed by atoms with Gasteiger partial charge in [0.2, 0.25) is 0 Å². The standard InChI is InChI=1S/C20H20ClNO4Se/c1-20(2,19(24)25-3)26-15-7-4-13(5-8-15)10-11-22-18(23)16-9-6-14(21)12-17(16)27-22/h4-9,12H,10-11H2,1-3H3. The van der Waals surface area contributed by atoms with Crippen molar-refractivity contribution in [2.75, 3.05) is 7.11 Å². The van der Waals surface area contributed by atoms with Crippen LogP contribution in [-0.2, 0) is 22.5 Å². The van der Waals surface area contributed by atoms with Crippen molar-refractivity contribution in [3.63, 3.8) is 0 Å². The maximum absolute atomic E-state index is 12.5. The van der Waals surface area contributed by atoms with Crippen molar-refractivity contribution >= 4 is 41.9 Å². The number of nitrogens with zero attached hydrogens (tertiary/aromatic N) is 1. The number of methoxy groups -OCH3 is 1. The Labute approximate surface area is 168 Å². The first-order valence-corrected chi connectivity index (χ1v) is 10.5. The van der Waals surface area contributed by atoms with Crippen LogP contribution in [-0.4, -0.2) is 37.0 Å². The number of aryl methyl sites for hydroxylation is 2. The molecule has 0 atom stereocenters. The monoisotopic (exact) mass is 453 g/mol. The molecule has 1 aromatic heterocycles. The molecule has 5 nitrogen and oxygen atoms in total. The molecule has 0 N–H and O–H groups in total. The Morgan fingerprint density at radius 3 is 2.56 bits per heavy atom. The molecule has 0 saturated heterocycles. The van der Waals surface area contributed by atoms with Crippen LogP contribution >= 0.6 is 11.6 Å². The molecule has 0 spiro atoms. The van der Waals surface area contributed by atoms with Gasteiger partial charge in [-0.1, -0.05) is 0 Å². The van der Waals surface area contributed by atoms with Gasteiger partial charge in [-0.3, -0.25) is 0 Å². The van der Waals surface area contributed by atoms with Gasteiger partial charge < -0.3 is 0 Å². The SMILES string of the molecule is COC(=O)C(C)(C)Oc1ccc(CCn2[se]c3cc(Cl)ccc3c2=O)cc1. The van der Waals surface area contributed by atoms with Crippen LogP contribution in [0.3, 0.4) is 0 Å². The molecule has 0 aliphatic rings. The molecule has 0 fully saturated rings. The first kappa shape index (κ1) is 19.7. The summed E-state index contributed by atoms with van der Waals surface area (Å²) in [6.45, 7) is 3.98. The van der Waals surface area contributed by atoms with E-state index in [1.807, 2.05) is 33.9 Å². The molecule has 0 aliphatic carbocycles. The van der Waals surface area contributed by atoms with Crippen molar-refractivity contribution in [3.8, 4) is 5.75 Å². The number of ether oxygens (including phenoxy) is 2. The molecule has 0 bridgehead atoms. The Bertz CT molecular complexity index is 1020. The van der Waals surface area contributed by atoms with Crippen LogP contribution < -0.4 is 10.3 Å². The van der Waals surface area contributed by atoms with E-state index in [1.165, 1.54) is 7.11 Å². The Hall–Kier alpha value is -2.01. The van der Waals surface area contributed by atoms with E-state index in [-0.39, 0.29) is 20.3 Å². The van der Waals surface area contributed by atoms with E-state index in [1.54, 1.807) is 26.0 Å². The van der Waals surface area contributed by atoms with Crippen molar-refractivity contribution in [1.82, 2.24) is 3.56 Å². The average Bonchev–Trinajstić information content (AvgIpc) is 2.95. The van der Waals surface area contributed by atoms with Gasteiger partial charge in [-0.05, 0) is 0 Å². The molecule has 0 radical (unpaired) electrons. The van der Waals surface area contributed by atoms with Crippen molar-refractivity contribution in [2.45, 2.75) is 32.4 Å². The number of halogens is 1. The molecule has 0 amide bonds. The van der Waals surface area contributed by atoms with E-state index in [0.717, 1.165) is 21.6 Å². The summed E-state index contributed by atoms with van der Waals surface area (Å²) in [5.41, 5.74) is 0.116. The normalized spacial score (nSPS) is 11.6. The van der Waals surface area contributed by atoms with Crippen molar-refractivity contribution in [2.24, 2.45) is 0 Å². The summed E-state index contributed by atoms with van der Waals surface area (Å²) in [4.78, 5) is 24.2. The van der Waals surface area contributed by atoms with Gasteiger partial charge in [0.1, 0.15) is 0 Å². The van der Waals surface area contributed by atoms with Gasteiger partial charge in [0, 0.05) is 0 Å². The van der Waals surface area contributed by atoms with E-state index < -0.39 is 11.6 Å². The fourth-order valence-electron chi connectivity index (χ4n) is 2.73. The molecule has 0 unspecified atom stereocenters. The molecule has 7 heteroatoms. The molecule has 3 rings (SSSR count). The summed E-state index contributed by atoms with van der Waals surface area (Å²) < 4.78 is 13.4. The van der Waals surface area contributed by atoms with Gasteiger partial charge in [0.15, 0.2) is 0 Å². The number of benzene rings is 2. The molecule has 1 heterocycles. The predicted octanol–water partition coefficient (Wildman–Crippen LogP) is 3.29. The number of esters is 1. The predicted molar refractivity (Wildman–Crippen MR) is 107 cm³/mol. The number of aromatic nitrogens is 1. The molecule has 2 aromatic carbocycles. The number of fused-ring (bicyclic) bond motifs is 1. The number of hydrogen-bond donors (Lipinski definition) is 0. The Morgan fingerprint density at radius 1 is 1.19 bits per heavy atom. The third-order valence-electron chi connectivity index (χ3n) is 4.19. The summed E-state index contributed by atoms with van der Waals surface area (Å²) in [6, 6.07) is 13.0. The summed E-state index contributed by atoms with van der Waals surface area (Å²) in [5.74, 6) is 0.165. The van der Waals surface area contributed by atoms with Crippen LogP contribution in [0.4, 0.5) is 0 Å². The Balaban J connectivity index is 1.68. The number of carbonyl (C=O) groups excluding carboxylic acids is 1. The Kier molecular flexibility index (Phi) is 5.80. The molecule has 3 aromatic rings. The molecule has 27 heavy (non-hydrogen) atoms. The second kappa shape index (κ2) is 7.93. The molecule has 0 saturated carbocycles. The number of carbonyl (C=O) groups is 1. The number of rotatable bonds is 6. The van der Waals surface area contributed by atoms with Crippen molar-refractivity contribution in [3.05, 3.63) is 63.4 Å². The summed E-state index contributed by atoms with van der Waals surface area (Å²) in [5, 5.41) is 1.42. The summed E-state index contributed by atoms with van der Waals surface area (Å²) in [7, 11) is 1.34. The Morgan fingerprint density at radius 2 is 1.89 bits per heavy atom. The topological polar surface area (TPSA) is 57.5 Å². The second-order valence-electron chi connectivity index (χ2n) is 6.64. The van der Waals surface area contributed by atoms with Gasteiger partial charge in [-0.2, -0.15) is 0 Å². The summed E-state index contributed by atoms with van der Waals surface area (Å²) in [6.07, 6.45) is 0.746. The van der Waals surface area contributed by atoms with Gasteiger partial charge >= 0.3 is 168 Å². The van der Waals surface area contributed by atoms with Crippen LogP contribution in [0, 0.1) is 0 Å². The second-order valence-corrected chi connectivity index (χ2v) is 9.30.